The Kier molecular flexibility index (Phi) is 3.96. The zero-order valence-corrected chi connectivity index (χ0v) is 13.0. The van der Waals surface area contributed by atoms with E-state index in [-0.39, 0.29) is 5.56 Å². The molecule has 0 spiro atoms. The van der Waals surface area contributed by atoms with Gasteiger partial charge in [-0.2, -0.15) is 5.10 Å². The Morgan fingerprint density at radius 3 is 2.71 bits per heavy atom. The van der Waals surface area contributed by atoms with E-state index in [9.17, 15) is 4.79 Å². The van der Waals surface area contributed by atoms with Gasteiger partial charge in [0.25, 0.3) is 5.56 Å². The average Bonchev–Trinajstić information content (AvgIpc) is 2.49. The largest absolute Gasteiger partial charge is 0.291 e. The maximum atomic E-state index is 11.9. The first-order valence-electron chi connectivity index (χ1n) is 6.26. The zero-order chi connectivity index (χ0) is 14.7. The van der Waals surface area contributed by atoms with E-state index in [0.717, 1.165) is 5.56 Å². The summed E-state index contributed by atoms with van der Waals surface area (Å²) in [5.41, 5.74) is 4.15. The fourth-order valence-corrected chi connectivity index (χ4v) is 2.22. The van der Waals surface area contributed by atoms with Crippen LogP contribution in [0.1, 0.15) is 5.56 Å². The highest BCUT2D eigenvalue weighted by Gasteiger charge is 2.01. The first-order chi connectivity index (χ1) is 10.2. The maximum absolute atomic E-state index is 11.9. The lowest BCUT2D eigenvalue weighted by atomic mass is 10.2. The monoisotopic (exact) mass is 390 g/mol. The summed E-state index contributed by atoms with van der Waals surface area (Å²) in [6.07, 6.45) is 1.67. The number of benzene rings is 2. The molecule has 0 atom stereocenters. The molecule has 0 aliphatic carbocycles. The van der Waals surface area contributed by atoms with Crippen molar-refractivity contribution in [3.63, 3.8) is 0 Å². The van der Waals surface area contributed by atoms with E-state index in [1.54, 1.807) is 24.4 Å². The van der Waals surface area contributed by atoms with E-state index in [1.807, 2.05) is 30.3 Å². The number of para-hydroxylation sites is 1. The van der Waals surface area contributed by atoms with E-state index in [1.165, 1.54) is 3.57 Å². The van der Waals surface area contributed by atoms with Crippen molar-refractivity contribution in [3.8, 4) is 0 Å². The molecule has 104 valence electrons. The van der Waals surface area contributed by atoms with E-state index in [4.69, 9.17) is 0 Å². The molecule has 1 aromatic heterocycles. The van der Waals surface area contributed by atoms with Crippen molar-refractivity contribution in [2.75, 3.05) is 5.43 Å². The number of hydrogen-bond donors (Lipinski definition) is 2. The molecule has 2 aromatic carbocycles. The molecule has 1 heterocycles. The number of halogens is 1. The molecule has 0 aliphatic rings. The van der Waals surface area contributed by atoms with Gasteiger partial charge in [-0.15, -0.1) is 0 Å². The lowest BCUT2D eigenvalue weighted by Gasteiger charge is -2.01. The van der Waals surface area contributed by atoms with Crippen LogP contribution in [-0.4, -0.2) is 16.2 Å². The second-order valence-corrected chi connectivity index (χ2v) is 5.60. The molecule has 0 bridgehead atoms. The van der Waals surface area contributed by atoms with Crippen molar-refractivity contribution < 1.29 is 0 Å². The van der Waals surface area contributed by atoms with Crippen molar-refractivity contribution in [1.29, 1.82) is 0 Å². The van der Waals surface area contributed by atoms with Gasteiger partial charge in [-0.1, -0.05) is 24.3 Å². The van der Waals surface area contributed by atoms with Crippen LogP contribution in [0.3, 0.4) is 0 Å². The fourth-order valence-electron chi connectivity index (χ4n) is 1.86. The van der Waals surface area contributed by atoms with Crippen LogP contribution >= 0.6 is 22.6 Å². The highest BCUT2D eigenvalue weighted by molar-refractivity contribution is 14.1. The summed E-state index contributed by atoms with van der Waals surface area (Å²) in [6, 6.07) is 15.1. The maximum Gasteiger partial charge on any atom is 0.260 e. The predicted molar refractivity (Wildman–Crippen MR) is 92.7 cm³/mol. The molecule has 0 unspecified atom stereocenters. The second kappa shape index (κ2) is 6.04. The van der Waals surface area contributed by atoms with Crippen LogP contribution in [0.5, 0.6) is 0 Å². The predicted octanol–water partition coefficient (Wildman–Crippen LogP) is 2.97. The van der Waals surface area contributed by atoms with Gasteiger partial charge < -0.3 is 0 Å². The van der Waals surface area contributed by atoms with Gasteiger partial charge in [0.1, 0.15) is 0 Å². The number of H-pyrrole nitrogens is 1. The van der Waals surface area contributed by atoms with Crippen molar-refractivity contribution in [2.24, 2.45) is 5.10 Å². The van der Waals surface area contributed by atoms with E-state index in [2.05, 4.69) is 43.1 Å². The van der Waals surface area contributed by atoms with Crippen LogP contribution in [-0.2, 0) is 0 Å². The topological polar surface area (TPSA) is 70.1 Å². The lowest BCUT2D eigenvalue weighted by Crippen LogP contribution is -2.10. The minimum absolute atomic E-state index is 0.187. The van der Waals surface area contributed by atoms with Crippen LogP contribution in [0.4, 0.5) is 5.95 Å². The number of aromatic amines is 1. The lowest BCUT2D eigenvalue weighted by molar-refractivity contribution is 1.12. The van der Waals surface area contributed by atoms with Gasteiger partial charge in [-0.05, 0) is 52.4 Å². The third-order valence-electron chi connectivity index (χ3n) is 2.87. The smallest absolute Gasteiger partial charge is 0.260 e. The SMILES string of the molecule is O=c1[nH]c(N/N=C/c2ccc(I)cc2)nc2ccccc12. The quantitative estimate of drug-likeness (QED) is 0.411. The number of fused-ring (bicyclic) bond motifs is 1. The standard InChI is InChI=1S/C15H11IN4O/c16-11-7-5-10(6-8-11)9-17-20-15-18-13-4-2-1-3-12(13)14(21)19-15/h1-9H,(H2,18,19,20,21)/b17-9+. The molecule has 3 rings (SSSR count). The summed E-state index contributed by atoms with van der Waals surface area (Å²) in [6.45, 7) is 0. The van der Waals surface area contributed by atoms with Crippen LogP contribution in [0.15, 0.2) is 58.4 Å². The van der Waals surface area contributed by atoms with Gasteiger partial charge in [-0.3, -0.25) is 9.78 Å². The van der Waals surface area contributed by atoms with Gasteiger partial charge in [0.05, 0.1) is 17.1 Å². The molecule has 0 aliphatic heterocycles. The first kappa shape index (κ1) is 13.7. The van der Waals surface area contributed by atoms with Crippen LogP contribution in [0, 0.1) is 3.57 Å². The van der Waals surface area contributed by atoms with Crippen molar-refractivity contribution in [2.45, 2.75) is 0 Å². The van der Waals surface area contributed by atoms with Gasteiger partial charge in [0.2, 0.25) is 5.95 Å². The summed E-state index contributed by atoms with van der Waals surface area (Å²) in [4.78, 5) is 18.8. The Bertz CT molecular complexity index is 855. The normalized spacial score (nSPS) is 11.1. The summed E-state index contributed by atoms with van der Waals surface area (Å²) in [5.74, 6) is 0.320. The van der Waals surface area contributed by atoms with Crippen molar-refractivity contribution in [3.05, 3.63) is 68.0 Å². The Labute approximate surface area is 134 Å². The van der Waals surface area contributed by atoms with Crippen LogP contribution < -0.4 is 11.0 Å². The first-order valence-corrected chi connectivity index (χ1v) is 7.34. The highest BCUT2D eigenvalue weighted by Crippen LogP contribution is 2.08. The highest BCUT2D eigenvalue weighted by atomic mass is 127. The number of hydrogen-bond acceptors (Lipinski definition) is 4. The molecule has 6 heteroatoms. The van der Waals surface area contributed by atoms with Crippen molar-refractivity contribution >= 4 is 45.7 Å². The Morgan fingerprint density at radius 1 is 1.14 bits per heavy atom. The number of rotatable bonds is 3. The molecule has 0 saturated carbocycles. The molecule has 3 aromatic rings. The van der Waals surface area contributed by atoms with Crippen LogP contribution in [0.2, 0.25) is 0 Å². The molecular weight excluding hydrogens is 379 g/mol. The number of aromatic nitrogens is 2. The van der Waals surface area contributed by atoms with E-state index in [0.29, 0.717) is 16.9 Å². The van der Waals surface area contributed by atoms with Gasteiger partial charge >= 0.3 is 0 Å². The van der Waals surface area contributed by atoms with Gasteiger partial charge in [0, 0.05) is 3.57 Å². The van der Waals surface area contributed by atoms with E-state index < -0.39 is 0 Å². The van der Waals surface area contributed by atoms with E-state index >= 15 is 0 Å². The Balaban J connectivity index is 1.82. The summed E-state index contributed by atoms with van der Waals surface area (Å²) >= 11 is 2.25. The zero-order valence-electron chi connectivity index (χ0n) is 10.9. The Morgan fingerprint density at radius 2 is 1.90 bits per heavy atom. The molecule has 0 fully saturated rings. The molecule has 0 radical (unpaired) electrons. The minimum atomic E-state index is -0.187. The second-order valence-electron chi connectivity index (χ2n) is 4.35. The fraction of sp³-hybridized carbons (Fsp3) is 0. The molecule has 0 saturated heterocycles. The van der Waals surface area contributed by atoms with Crippen LogP contribution in [0.25, 0.3) is 10.9 Å². The molecule has 5 nitrogen and oxygen atoms in total. The average molecular weight is 390 g/mol. The molecule has 2 N–H and O–H groups in total. The minimum Gasteiger partial charge on any atom is -0.291 e. The Hall–Kier alpha value is -2.22. The molecule has 21 heavy (non-hydrogen) atoms. The van der Waals surface area contributed by atoms with Gasteiger partial charge in [0.15, 0.2) is 0 Å². The number of nitrogens with one attached hydrogen (secondary N) is 2. The summed E-state index contributed by atoms with van der Waals surface area (Å²) in [7, 11) is 0. The van der Waals surface area contributed by atoms with Crippen molar-refractivity contribution in [1.82, 2.24) is 9.97 Å². The molecular formula is C15H11IN4O. The summed E-state index contributed by atoms with van der Waals surface area (Å²) in [5, 5.41) is 4.64. The number of hydrazone groups is 1. The third-order valence-corrected chi connectivity index (χ3v) is 3.59. The number of anilines is 1. The van der Waals surface area contributed by atoms with Gasteiger partial charge in [-0.25, -0.2) is 10.4 Å². The number of nitrogens with zero attached hydrogens (tertiary/aromatic N) is 2. The summed E-state index contributed by atoms with van der Waals surface area (Å²) < 4.78 is 1.17. The third kappa shape index (κ3) is 3.27. The molecule has 0 amide bonds.